The minimum absolute atomic E-state index is 0.284. The van der Waals surface area contributed by atoms with Crippen LogP contribution in [0.15, 0.2) is 57.5 Å². The lowest BCUT2D eigenvalue weighted by molar-refractivity contribution is 0.812. The Morgan fingerprint density at radius 1 is 0.600 bits per heavy atom. The highest BCUT2D eigenvalue weighted by molar-refractivity contribution is 9.10. The average Bonchev–Trinajstić information content (AvgIpc) is 2.99. The molecular weight excluding hydrogens is 495 g/mol. The molecular formula is C27H29BBr2. The minimum Gasteiger partial charge on any atom is -0.0652 e. The smallest absolute Gasteiger partial charge is 0.0652 e. The van der Waals surface area contributed by atoms with Crippen LogP contribution in [-0.4, -0.2) is 6.71 Å². The summed E-state index contributed by atoms with van der Waals surface area (Å²) in [6.07, 6.45) is 0. The van der Waals surface area contributed by atoms with Gasteiger partial charge in [0.2, 0.25) is 6.71 Å². The van der Waals surface area contributed by atoms with Gasteiger partial charge in [0.15, 0.2) is 0 Å². The molecule has 0 amide bonds. The Labute approximate surface area is 198 Å². The zero-order chi connectivity index (χ0) is 21.7. The maximum absolute atomic E-state index is 3.70. The second-order valence-corrected chi connectivity index (χ2v) is 11.3. The zero-order valence-electron chi connectivity index (χ0n) is 18.7. The minimum atomic E-state index is 0.284. The first-order valence-corrected chi connectivity index (χ1v) is 12.5. The van der Waals surface area contributed by atoms with Gasteiger partial charge < -0.3 is 0 Å². The van der Waals surface area contributed by atoms with Gasteiger partial charge in [-0.3, -0.25) is 0 Å². The molecule has 0 radical (unpaired) electrons. The van der Waals surface area contributed by atoms with Crippen molar-refractivity contribution in [3.05, 3.63) is 74.2 Å². The Balaban J connectivity index is 2.08. The van der Waals surface area contributed by atoms with Crippen molar-refractivity contribution < 1.29 is 0 Å². The first-order chi connectivity index (χ1) is 14.2. The third-order valence-corrected chi connectivity index (χ3v) is 7.40. The number of rotatable bonds is 4. The fourth-order valence-corrected chi connectivity index (χ4v) is 5.57. The van der Waals surface area contributed by atoms with Crippen LogP contribution in [0.5, 0.6) is 0 Å². The van der Waals surface area contributed by atoms with E-state index in [2.05, 4.69) is 122 Å². The van der Waals surface area contributed by atoms with Gasteiger partial charge in [0.05, 0.1) is 0 Å². The number of hydrogen-bond donors (Lipinski definition) is 0. The molecule has 154 valence electrons. The van der Waals surface area contributed by atoms with Crippen molar-refractivity contribution in [1.82, 2.24) is 0 Å². The molecule has 1 aliphatic heterocycles. The van der Waals surface area contributed by atoms with Gasteiger partial charge in [0.1, 0.15) is 0 Å². The van der Waals surface area contributed by atoms with Gasteiger partial charge >= 0.3 is 0 Å². The van der Waals surface area contributed by atoms with E-state index >= 15 is 0 Å². The number of halogens is 2. The van der Waals surface area contributed by atoms with E-state index in [1.54, 1.807) is 0 Å². The van der Waals surface area contributed by atoms with Gasteiger partial charge in [-0.05, 0) is 69.8 Å². The Kier molecular flexibility index (Phi) is 6.07. The summed E-state index contributed by atoms with van der Waals surface area (Å²) in [6.45, 7) is 14.3. The third-order valence-electron chi connectivity index (χ3n) is 6.41. The van der Waals surface area contributed by atoms with Gasteiger partial charge in [-0.15, -0.1) is 0 Å². The molecule has 0 nitrogen and oxygen atoms in total. The van der Waals surface area contributed by atoms with Crippen molar-refractivity contribution >= 4 is 55.0 Å². The van der Waals surface area contributed by atoms with Crippen LogP contribution in [0.3, 0.4) is 0 Å². The molecule has 30 heavy (non-hydrogen) atoms. The van der Waals surface area contributed by atoms with E-state index < -0.39 is 0 Å². The van der Waals surface area contributed by atoms with E-state index in [9.17, 15) is 0 Å². The SMILES string of the molecule is CC(C)c1cc(C(C)C)c(B2c3ccc(Br)cc3-c3cc(Br)ccc32)c(C(C)C)c1. The van der Waals surface area contributed by atoms with Crippen molar-refractivity contribution in [2.45, 2.75) is 59.3 Å². The van der Waals surface area contributed by atoms with E-state index in [0.29, 0.717) is 17.8 Å². The summed E-state index contributed by atoms with van der Waals surface area (Å²) in [4.78, 5) is 0. The topological polar surface area (TPSA) is 0 Å². The molecule has 0 N–H and O–H groups in total. The van der Waals surface area contributed by atoms with Gasteiger partial charge in [-0.2, -0.15) is 0 Å². The van der Waals surface area contributed by atoms with Gasteiger partial charge in [-0.1, -0.05) is 114 Å². The number of fused-ring (bicyclic) bond motifs is 3. The zero-order valence-corrected chi connectivity index (χ0v) is 21.9. The molecule has 4 rings (SSSR count). The quantitative estimate of drug-likeness (QED) is 0.251. The van der Waals surface area contributed by atoms with E-state index in [-0.39, 0.29) is 6.71 Å². The predicted octanol–water partition coefficient (Wildman–Crippen LogP) is 7.08. The normalized spacial score (nSPS) is 12.8. The van der Waals surface area contributed by atoms with Gasteiger partial charge in [-0.25, -0.2) is 0 Å². The molecule has 1 heterocycles. The highest BCUT2D eigenvalue weighted by atomic mass is 79.9. The van der Waals surface area contributed by atoms with Crippen molar-refractivity contribution in [3.63, 3.8) is 0 Å². The standard InChI is InChI=1S/C27H29BBr2/c1-15(2)18-11-21(16(3)4)27(22(12-18)17(5)6)28-25-9-7-19(29)13-23(25)24-14-20(30)8-10-26(24)28/h7-17H,1-6H3. The molecule has 0 atom stereocenters. The second-order valence-electron chi connectivity index (χ2n) is 9.47. The monoisotopic (exact) mass is 522 g/mol. The lowest BCUT2D eigenvalue weighted by Gasteiger charge is -2.26. The van der Waals surface area contributed by atoms with Crippen LogP contribution in [0, 0.1) is 0 Å². The van der Waals surface area contributed by atoms with Crippen LogP contribution in [-0.2, 0) is 0 Å². The average molecular weight is 524 g/mol. The van der Waals surface area contributed by atoms with Gasteiger partial charge in [0.25, 0.3) is 0 Å². The van der Waals surface area contributed by atoms with Crippen LogP contribution in [0.4, 0.5) is 0 Å². The lowest BCUT2D eigenvalue weighted by atomic mass is 9.36. The molecule has 0 saturated heterocycles. The van der Waals surface area contributed by atoms with E-state index in [0.717, 1.165) is 8.95 Å². The predicted molar refractivity (Wildman–Crippen MR) is 141 cm³/mol. The Morgan fingerprint density at radius 2 is 1.03 bits per heavy atom. The van der Waals surface area contributed by atoms with Crippen LogP contribution < -0.4 is 16.4 Å². The van der Waals surface area contributed by atoms with E-state index in [4.69, 9.17) is 0 Å². The van der Waals surface area contributed by atoms with Crippen LogP contribution in [0.1, 0.15) is 76.0 Å². The summed E-state index contributed by atoms with van der Waals surface area (Å²) in [5.41, 5.74) is 11.5. The maximum Gasteiger partial charge on any atom is 0.243 e. The van der Waals surface area contributed by atoms with Crippen molar-refractivity contribution in [3.8, 4) is 11.1 Å². The summed E-state index contributed by atoms with van der Waals surface area (Å²) < 4.78 is 2.27. The van der Waals surface area contributed by atoms with Crippen LogP contribution >= 0.6 is 31.9 Å². The molecule has 0 aromatic heterocycles. The highest BCUT2D eigenvalue weighted by Crippen LogP contribution is 2.32. The first kappa shape index (κ1) is 21.9. The fourth-order valence-electron chi connectivity index (χ4n) is 4.85. The van der Waals surface area contributed by atoms with Crippen molar-refractivity contribution in [2.75, 3.05) is 0 Å². The summed E-state index contributed by atoms with van der Waals surface area (Å²) in [7, 11) is 0. The highest BCUT2D eigenvalue weighted by Gasteiger charge is 2.37. The first-order valence-electron chi connectivity index (χ1n) is 11.0. The molecule has 3 heteroatoms. The van der Waals surface area contributed by atoms with Crippen LogP contribution in [0.2, 0.25) is 0 Å². The van der Waals surface area contributed by atoms with Crippen LogP contribution in [0.25, 0.3) is 11.1 Å². The molecule has 1 aliphatic rings. The third kappa shape index (κ3) is 3.73. The van der Waals surface area contributed by atoms with Crippen molar-refractivity contribution in [2.24, 2.45) is 0 Å². The van der Waals surface area contributed by atoms with E-state index in [1.807, 2.05) is 0 Å². The fraction of sp³-hybridized carbons (Fsp3) is 0.333. The summed E-state index contributed by atoms with van der Waals surface area (Å²) in [6, 6.07) is 18.6. The lowest BCUT2D eigenvalue weighted by Crippen LogP contribution is -2.52. The molecule has 3 aromatic carbocycles. The Hall–Kier alpha value is -1.32. The van der Waals surface area contributed by atoms with Crippen molar-refractivity contribution in [1.29, 1.82) is 0 Å². The molecule has 0 bridgehead atoms. The largest absolute Gasteiger partial charge is 0.243 e. The molecule has 3 aromatic rings. The molecule has 0 fully saturated rings. The Bertz CT molecular complexity index is 1030. The number of hydrogen-bond acceptors (Lipinski definition) is 0. The van der Waals surface area contributed by atoms with E-state index in [1.165, 1.54) is 44.2 Å². The molecule has 0 aliphatic carbocycles. The summed E-state index contributed by atoms with van der Waals surface area (Å²) in [5.74, 6) is 1.49. The van der Waals surface area contributed by atoms with Gasteiger partial charge in [0, 0.05) is 8.95 Å². The second kappa shape index (κ2) is 8.32. The Morgan fingerprint density at radius 3 is 1.40 bits per heavy atom. The molecule has 0 spiro atoms. The number of benzene rings is 3. The molecule has 0 unspecified atom stereocenters. The summed E-state index contributed by atoms with van der Waals surface area (Å²) >= 11 is 7.40. The maximum atomic E-state index is 3.70. The molecule has 0 saturated carbocycles. The summed E-state index contributed by atoms with van der Waals surface area (Å²) in [5, 5.41) is 0.